The SMILES string of the molecule is Cc1ccc2cc(C(=O)O)sc2c1C. The standard InChI is InChI=1S/C11H10O2S/c1-6-3-4-8-5-9(11(12)13)14-10(8)7(6)2/h3-5H,1-2H3,(H,12,13). The molecule has 1 N–H and O–H groups in total. The van der Waals surface area contributed by atoms with E-state index in [0.717, 1.165) is 10.1 Å². The molecule has 0 bridgehead atoms. The normalized spacial score (nSPS) is 10.7. The van der Waals surface area contributed by atoms with Gasteiger partial charge in [0.25, 0.3) is 0 Å². The van der Waals surface area contributed by atoms with Crippen LogP contribution in [0.25, 0.3) is 10.1 Å². The zero-order chi connectivity index (χ0) is 10.3. The van der Waals surface area contributed by atoms with E-state index in [1.807, 2.05) is 26.0 Å². The summed E-state index contributed by atoms with van der Waals surface area (Å²) in [6.45, 7) is 4.06. The molecule has 2 nitrogen and oxygen atoms in total. The van der Waals surface area contributed by atoms with Crippen molar-refractivity contribution < 1.29 is 9.90 Å². The van der Waals surface area contributed by atoms with Gasteiger partial charge in [0.1, 0.15) is 4.88 Å². The molecule has 0 atom stereocenters. The summed E-state index contributed by atoms with van der Waals surface area (Å²) in [5, 5.41) is 9.88. The molecule has 0 fully saturated rings. The van der Waals surface area contributed by atoms with Gasteiger partial charge in [0.15, 0.2) is 0 Å². The third kappa shape index (κ3) is 1.30. The molecular weight excluding hydrogens is 196 g/mol. The molecule has 0 radical (unpaired) electrons. The first kappa shape index (κ1) is 9.21. The van der Waals surface area contributed by atoms with Gasteiger partial charge in [-0.1, -0.05) is 12.1 Å². The van der Waals surface area contributed by atoms with Crippen molar-refractivity contribution in [2.45, 2.75) is 13.8 Å². The molecule has 0 saturated carbocycles. The number of hydrogen-bond donors (Lipinski definition) is 1. The van der Waals surface area contributed by atoms with Crippen LogP contribution < -0.4 is 0 Å². The Balaban J connectivity index is 2.77. The van der Waals surface area contributed by atoms with E-state index in [1.54, 1.807) is 6.07 Å². The molecule has 1 heterocycles. The topological polar surface area (TPSA) is 37.3 Å². The van der Waals surface area contributed by atoms with E-state index in [1.165, 1.54) is 22.5 Å². The van der Waals surface area contributed by atoms with Crippen LogP contribution in [0.1, 0.15) is 20.8 Å². The Labute approximate surface area is 85.8 Å². The summed E-state index contributed by atoms with van der Waals surface area (Å²) < 4.78 is 1.09. The molecule has 72 valence electrons. The predicted molar refractivity (Wildman–Crippen MR) is 58.3 cm³/mol. The van der Waals surface area contributed by atoms with E-state index in [0.29, 0.717) is 4.88 Å². The van der Waals surface area contributed by atoms with Gasteiger partial charge in [-0.2, -0.15) is 0 Å². The lowest BCUT2D eigenvalue weighted by Crippen LogP contribution is -1.89. The van der Waals surface area contributed by atoms with Crippen molar-refractivity contribution >= 4 is 27.4 Å². The van der Waals surface area contributed by atoms with Crippen molar-refractivity contribution in [2.75, 3.05) is 0 Å². The number of carboxylic acid groups (broad SMARTS) is 1. The maximum Gasteiger partial charge on any atom is 0.345 e. The average molecular weight is 206 g/mol. The molecule has 2 aromatic rings. The third-order valence-electron chi connectivity index (χ3n) is 2.42. The number of hydrogen-bond acceptors (Lipinski definition) is 2. The van der Waals surface area contributed by atoms with Crippen molar-refractivity contribution in [1.82, 2.24) is 0 Å². The van der Waals surface area contributed by atoms with Crippen LogP contribution >= 0.6 is 11.3 Å². The molecule has 0 amide bonds. The van der Waals surface area contributed by atoms with E-state index < -0.39 is 5.97 Å². The minimum absolute atomic E-state index is 0.411. The summed E-state index contributed by atoms with van der Waals surface area (Å²) >= 11 is 1.35. The van der Waals surface area contributed by atoms with Gasteiger partial charge in [0.2, 0.25) is 0 Å². The van der Waals surface area contributed by atoms with Crippen LogP contribution in [-0.4, -0.2) is 11.1 Å². The third-order valence-corrected chi connectivity index (χ3v) is 3.67. The van der Waals surface area contributed by atoms with Gasteiger partial charge in [0.05, 0.1) is 0 Å². The van der Waals surface area contributed by atoms with E-state index in [4.69, 9.17) is 5.11 Å². The lowest BCUT2D eigenvalue weighted by atomic mass is 10.1. The molecule has 3 heteroatoms. The maximum atomic E-state index is 10.8. The van der Waals surface area contributed by atoms with Crippen LogP contribution in [0, 0.1) is 13.8 Å². The quantitative estimate of drug-likeness (QED) is 0.777. The highest BCUT2D eigenvalue weighted by atomic mass is 32.1. The second kappa shape index (κ2) is 3.10. The Kier molecular flexibility index (Phi) is 2.04. The molecule has 14 heavy (non-hydrogen) atoms. The Morgan fingerprint density at radius 2 is 2.07 bits per heavy atom. The fourth-order valence-electron chi connectivity index (χ4n) is 1.45. The number of fused-ring (bicyclic) bond motifs is 1. The van der Waals surface area contributed by atoms with Crippen molar-refractivity contribution in [1.29, 1.82) is 0 Å². The highest BCUT2D eigenvalue weighted by Crippen LogP contribution is 2.30. The van der Waals surface area contributed by atoms with Crippen molar-refractivity contribution in [2.24, 2.45) is 0 Å². The summed E-state index contributed by atoms with van der Waals surface area (Å²) in [5.41, 5.74) is 2.39. The Morgan fingerprint density at radius 3 is 2.71 bits per heavy atom. The zero-order valence-electron chi connectivity index (χ0n) is 8.00. The van der Waals surface area contributed by atoms with Crippen LogP contribution in [0.3, 0.4) is 0 Å². The van der Waals surface area contributed by atoms with Crippen molar-refractivity contribution in [3.05, 3.63) is 34.2 Å². The molecule has 0 aliphatic rings. The second-order valence-corrected chi connectivity index (χ2v) is 4.39. The molecule has 1 aromatic heterocycles. The number of rotatable bonds is 1. The summed E-state index contributed by atoms with van der Waals surface area (Å²) in [6.07, 6.45) is 0. The van der Waals surface area contributed by atoms with Crippen molar-refractivity contribution in [3.8, 4) is 0 Å². The molecule has 1 aromatic carbocycles. The van der Waals surface area contributed by atoms with E-state index in [-0.39, 0.29) is 0 Å². The van der Waals surface area contributed by atoms with E-state index >= 15 is 0 Å². The van der Waals surface area contributed by atoms with Gasteiger partial charge in [-0.05, 0) is 36.4 Å². The minimum Gasteiger partial charge on any atom is -0.477 e. The van der Waals surface area contributed by atoms with Crippen LogP contribution in [0.4, 0.5) is 0 Å². The van der Waals surface area contributed by atoms with E-state index in [2.05, 4.69) is 0 Å². The molecule has 0 unspecified atom stereocenters. The smallest absolute Gasteiger partial charge is 0.345 e. The van der Waals surface area contributed by atoms with Gasteiger partial charge in [0, 0.05) is 4.70 Å². The number of carbonyl (C=O) groups is 1. The summed E-state index contributed by atoms with van der Waals surface area (Å²) in [6, 6.07) is 5.73. The molecule has 0 saturated heterocycles. The highest BCUT2D eigenvalue weighted by molar-refractivity contribution is 7.20. The maximum absolute atomic E-state index is 10.8. The molecular formula is C11H10O2S. The molecule has 0 aliphatic heterocycles. The fourth-order valence-corrected chi connectivity index (χ4v) is 2.50. The van der Waals surface area contributed by atoms with Gasteiger partial charge in [-0.3, -0.25) is 0 Å². The second-order valence-electron chi connectivity index (χ2n) is 3.34. The number of aromatic carboxylic acids is 1. The van der Waals surface area contributed by atoms with Gasteiger partial charge in [-0.15, -0.1) is 11.3 Å². The Hall–Kier alpha value is -1.35. The Bertz CT molecular complexity index is 511. The molecule has 0 spiro atoms. The summed E-state index contributed by atoms with van der Waals surface area (Å²) in [5.74, 6) is -0.844. The van der Waals surface area contributed by atoms with Crippen molar-refractivity contribution in [3.63, 3.8) is 0 Å². The first-order chi connectivity index (χ1) is 6.59. The zero-order valence-corrected chi connectivity index (χ0v) is 8.81. The van der Waals surface area contributed by atoms with Gasteiger partial charge in [-0.25, -0.2) is 4.79 Å². The monoisotopic (exact) mass is 206 g/mol. The first-order valence-corrected chi connectivity index (χ1v) is 5.14. The number of benzene rings is 1. The highest BCUT2D eigenvalue weighted by Gasteiger charge is 2.10. The van der Waals surface area contributed by atoms with Gasteiger partial charge < -0.3 is 5.11 Å². The van der Waals surface area contributed by atoms with E-state index in [9.17, 15) is 4.79 Å². The fraction of sp³-hybridized carbons (Fsp3) is 0.182. The number of carboxylic acids is 1. The van der Waals surface area contributed by atoms with Crippen LogP contribution in [0.5, 0.6) is 0 Å². The van der Waals surface area contributed by atoms with Crippen LogP contribution in [-0.2, 0) is 0 Å². The molecule has 2 rings (SSSR count). The van der Waals surface area contributed by atoms with Crippen LogP contribution in [0.2, 0.25) is 0 Å². The summed E-state index contributed by atoms with van der Waals surface area (Å²) in [4.78, 5) is 11.2. The molecule has 0 aliphatic carbocycles. The summed E-state index contributed by atoms with van der Waals surface area (Å²) in [7, 11) is 0. The lowest BCUT2D eigenvalue weighted by Gasteiger charge is -1.99. The number of thiophene rings is 1. The Morgan fingerprint density at radius 1 is 1.36 bits per heavy atom. The predicted octanol–water partition coefficient (Wildman–Crippen LogP) is 3.22. The number of aryl methyl sites for hydroxylation is 2. The average Bonchev–Trinajstić information content (AvgIpc) is 2.56. The minimum atomic E-state index is -0.844. The first-order valence-electron chi connectivity index (χ1n) is 4.32. The largest absolute Gasteiger partial charge is 0.477 e. The van der Waals surface area contributed by atoms with Crippen LogP contribution in [0.15, 0.2) is 18.2 Å². The van der Waals surface area contributed by atoms with Gasteiger partial charge >= 0.3 is 5.97 Å². The lowest BCUT2D eigenvalue weighted by molar-refractivity contribution is 0.0702.